The zero-order valence-electron chi connectivity index (χ0n) is 16.2. The molecule has 3 rings (SSSR count). The summed E-state index contributed by atoms with van der Waals surface area (Å²) in [5.41, 5.74) is 0.826. The Bertz CT molecular complexity index is 895. The molecule has 3 aromatic rings. The number of guanidine groups is 1. The van der Waals surface area contributed by atoms with E-state index < -0.39 is 0 Å². The molecule has 2 heterocycles. The van der Waals surface area contributed by atoms with E-state index in [4.69, 9.17) is 25.3 Å². The summed E-state index contributed by atoms with van der Waals surface area (Å²) >= 11 is 6.00. The molecule has 0 radical (unpaired) electrons. The van der Waals surface area contributed by atoms with Crippen molar-refractivity contribution in [2.75, 3.05) is 26.7 Å². The zero-order chi connectivity index (χ0) is 20.3. The van der Waals surface area contributed by atoms with Crippen LogP contribution >= 0.6 is 11.6 Å². The Balaban J connectivity index is 1.31. The molecule has 0 aliphatic heterocycles. The first kappa shape index (κ1) is 20.9. The summed E-state index contributed by atoms with van der Waals surface area (Å²) in [4.78, 5) is 8.60. The molecular formula is C20H24ClN5O3. The summed E-state index contributed by atoms with van der Waals surface area (Å²) in [6, 6.07) is 11.1. The molecule has 8 nitrogen and oxygen atoms in total. The van der Waals surface area contributed by atoms with Gasteiger partial charge in [0.1, 0.15) is 12.4 Å². The molecule has 154 valence electrons. The fourth-order valence-corrected chi connectivity index (χ4v) is 2.75. The van der Waals surface area contributed by atoms with Gasteiger partial charge >= 0.3 is 0 Å². The number of rotatable bonds is 10. The van der Waals surface area contributed by atoms with Crippen LogP contribution in [0.3, 0.4) is 0 Å². The first-order chi connectivity index (χ1) is 14.2. The number of nitrogens with one attached hydrogen (secondary N) is 2. The molecule has 0 spiro atoms. The summed E-state index contributed by atoms with van der Waals surface area (Å²) in [5, 5.41) is 11.1. The summed E-state index contributed by atoms with van der Waals surface area (Å²) in [5.74, 6) is 2.62. The van der Waals surface area contributed by atoms with Crippen LogP contribution in [0.2, 0.25) is 5.02 Å². The van der Waals surface area contributed by atoms with E-state index in [2.05, 4.69) is 25.8 Å². The average Bonchev–Trinajstić information content (AvgIpc) is 3.41. The lowest BCUT2D eigenvalue weighted by Crippen LogP contribution is -2.39. The quantitative estimate of drug-likeness (QED) is 0.296. The third-order valence-electron chi connectivity index (χ3n) is 3.99. The molecule has 0 aliphatic rings. The Morgan fingerprint density at radius 1 is 1.21 bits per heavy atom. The third kappa shape index (κ3) is 6.92. The number of nitrogens with zero attached hydrogens (tertiary/aromatic N) is 3. The first-order valence-corrected chi connectivity index (χ1v) is 9.75. The van der Waals surface area contributed by atoms with Gasteiger partial charge in [-0.2, -0.15) is 4.98 Å². The second kappa shape index (κ2) is 11.2. The van der Waals surface area contributed by atoms with Crippen molar-refractivity contribution in [2.45, 2.75) is 19.4 Å². The van der Waals surface area contributed by atoms with Gasteiger partial charge in [-0.15, -0.1) is 0 Å². The number of furan rings is 1. The maximum atomic E-state index is 6.00. The largest absolute Gasteiger partial charge is 0.467 e. The van der Waals surface area contributed by atoms with Crippen molar-refractivity contribution in [2.24, 2.45) is 4.99 Å². The van der Waals surface area contributed by atoms with E-state index in [-0.39, 0.29) is 0 Å². The molecule has 1 aromatic carbocycles. The van der Waals surface area contributed by atoms with Crippen LogP contribution in [-0.4, -0.2) is 42.8 Å². The van der Waals surface area contributed by atoms with Crippen LogP contribution in [0.5, 0.6) is 0 Å². The standard InChI is InChI=1S/C20H24ClN5O3/c1-22-20(23-9-4-11-27-14-17-7-3-12-28-17)24-10-8-18-25-19(26-29-18)15-5-2-6-16(21)13-15/h2-3,5-7,12-13H,4,8-11,14H2,1H3,(H2,22,23,24). The summed E-state index contributed by atoms with van der Waals surface area (Å²) in [6.07, 6.45) is 3.08. The second-order valence-electron chi connectivity index (χ2n) is 6.18. The molecule has 2 aromatic heterocycles. The predicted molar refractivity (Wildman–Crippen MR) is 111 cm³/mol. The number of halogens is 1. The Hall–Kier alpha value is -2.84. The molecule has 0 amide bonds. The molecule has 0 atom stereocenters. The molecule has 29 heavy (non-hydrogen) atoms. The van der Waals surface area contributed by atoms with E-state index in [9.17, 15) is 0 Å². The minimum atomic E-state index is 0.487. The van der Waals surface area contributed by atoms with Gasteiger partial charge in [-0.05, 0) is 30.7 Å². The van der Waals surface area contributed by atoms with Crippen molar-refractivity contribution in [3.05, 3.63) is 59.3 Å². The van der Waals surface area contributed by atoms with Crippen LogP contribution in [0.1, 0.15) is 18.1 Å². The fourth-order valence-electron chi connectivity index (χ4n) is 2.56. The maximum Gasteiger partial charge on any atom is 0.228 e. The smallest absolute Gasteiger partial charge is 0.228 e. The number of hydrogen-bond acceptors (Lipinski definition) is 6. The number of aromatic nitrogens is 2. The Kier molecular flexibility index (Phi) is 8.09. The van der Waals surface area contributed by atoms with Gasteiger partial charge in [-0.3, -0.25) is 4.99 Å². The van der Waals surface area contributed by atoms with Gasteiger partial charge in [-0.1, -0.05) is 28.9 Å². The zero-order valence-corrected chi connectivity index (χ0v) is 17.0. The van der Waals surface area contributed by atoms with E-state index in [1.807, 2.05) is 24.3 Å². The monoisotopic (exact) mass is 417 g/mol. The van der Waals surface area contributed by atoms with Crippen LogP contribution in [0, 0.1) is 0 Å². The van der Waals surface area contributed by atoms with Crippen LogP contribution in [0.25, 0.3) is 11.4 Å². The number of ether oxygens (including phenoxy) is 1. The lowest BCUT2D eigenvalue weighted by Gasteiger charge is -2.11. The Morgan fingerprint density at radius 2 is 2.10 bits per heavy atom. The third-order valence-corrected chi connectivity index (χ3v) is 4.22. The fraction of sp³-hybridized carbons (Fsp3) is 0.350. The minimum absolute atomic E-state index is 0.487. The molecule has 0 fully saturated rings. The highest BCUT2D eigenvalue weighted by atomic mass is 35.5. The van der Waals surface area contributed by atoms with E-state index in [1.54, 1.807) is 25.4 Å². The van der Waals surface area contributed by atoms with E-state index in [0.29, 0.717) is 48.9 Å². The van der Waals surface area contributed by atoms with Gasteiger partial charge in [-0.25, -0.2) is 0 Å². The van der Waals surface area contributed by atoms with Gasteiger partial charge in [0.2, 0.25) is 11.7 Å². The molecule has 0 saturated heterocycles. The highest BCUT2D eigenvalue weighted by Crippen LogP contribution is 2.19. The van der Waals surface area contributed by atoms with Gasteiger partial charge < -0.3 is 24.3 Å². The minimum Gasteiger partial charge on any atom is -0.467 e. The van der Waals surface area contributed by atoms with Crippen molar-refractivity contribution >= 4 is 17.6 Å². The highest BCUT2D eigenvalue weighted by molar-refractivity contribution is 6.30. The van der Waals surface area contributed by atoms with E-state index >= 15 is 0 Å². The molecule has 2 N–H and O–H groups in total. The highest BCUT2D eigenvalue weighted by Gasteiger charge is 2.09. The van der Waals surface area contributed by atoms with Crippen molar-refractivity contribution in [3.8, 4) is 11.4 Å². The van der Waals surface area contributed by atoms with Gasteiger partial charge in [0.05, 0.1) is 6.26 Å². The van der Waals surface area contributed by atoms with Crippen LogP contribution < -0.4 is 10.6 Å². The van der Waals surface area contributed by atoms with E-state index in [1.165, 1.54) is 0 Å². The van der Waals surface area contributed by atoms with Crippen molar-refractivity contribution in [3.63, 3.8) is 0 Å². The lowest BCUT2D eigenvalue weighted by atomic mass is 10.2. The predicted octanol–water partition coefficient (Wildman–Crippen LogP) is 3.30. The molecular weight excluding hydrogens is 394 g/mol. The first-order valence-electron chi connectivity index (χ1n) is 9.38. The number of aliphatic imine (C=N–C) groups is 1. The normalized spacial score (nSPS) is 11.6. The number of benzene rings is 1. The van der Waals surface area contributed by atoms with E-state index in [0.717, 1.165) is 24.3 Å². The summed E-state index contributed by atoms with van der Waals surface area (Å²) in [7, 11) is 1.73. The molecule has 0 bridgehead atoms. The molecule has 0 aliphatic carbocycles. The van der Waals surface area contributed by atoms with Gasteiger partial charge in [0.15, 0.2) is 5.96 Å². The average molecular weight is 418 g/mol. The maximum absolute atomic E-state index is 6.00. The Morgan fingerprint density at radius 3 is 2.90 bits per heavy atom. The summed E-state index contributed by atoms with van der Waals surface area (Å²) < 4.78 is 16.1. The van der Waals surface area contributed by atoms with Crippen LogP contribution in [-0.2, 0) is 17.8 Å². The van der Waals surface area contributed by atoms with Crippen molar-refractivity contribution < 1.29 is 13.7 Å². The second-order valence-corrected chi connectivity index (χ2v) is 6.62. The van der Waals surface area contributed by atoms with Gasteiger partial charge in [0, 0.05) is 43.8 Å². The van der Waals surface area contributed by atoms with Crippen LogP contribution in [0.15, 0.2) is 56.6 Å². The van der Waals surface area contributed by atoms with Crippen molar-refractivity contribution in [1.82, 2.24) is 20.8 Å². The Labute approximate surface area is 174 Å². The van der Waals surface area contributed by atoms with Gasteiger partial charge in [0.25, 0.3) is 0 Å². The topological polar surface area (TPSA) is 97.7 Å². The molecule has 9 heteroatoms. The SMILES string of the molecule is CN=C(NCCCOCc1ccco1)NCCc1nc(-c2cccc(Cl)c2)no1. The molecule has 0 unspecified atom stereocenters. The number of hydrogen-bond donors (Lipinski definition) is 2. The summed E-state index contributed by atoms with van der Waals surface area (Å²) in [6.45, 7) is 2.49. The molecule has 0 saturated carbocycles. The lowest BCUT2D eigenvalue weighted by molar-refractivity contribution is 0.105. The van der Waals surface area contributed by atoms with Crippen molar-refractivity contribution in [1.29, 1.82) is 0 Å². The van der Waals surface area contributed by atoms with Crippen LogP contribution in [0.4, 0.5) is 0 Å².